The van der Waals surface area contributed by atoms with Gasteiger partial charge in [-0.25, -0.2) is 19.9 Å². The Kier molecular flexibility index (Phi) is 7.63. The summed E-state index contributed by atoms with van der Waals surface area (Å²) in [4.78, 5) is 24.8. The minimum Gasteiger partial charge on any atom is -0.251 e. The highest BCUT2D eigenvalue weighted by molar-refractivity contribution is 6.08. The van der Waals surface area contributed by atoms with Gasteiger partial charge in [0.05, 0.1) is 16.7 Å². The lowest BCUT2D eigenvalue weighted by atomic mass is 9.98. The molecule has 0 saturated carbocycles. The molecule has 0 saturated heterocycles. The van der Waals surface area contributed by atoms with Gasteiger partial charge in [0.1, 0.15) is 0 Å². The van der Waals surface area contributed by atoms with Gasteiger partial charge in [-0.15, -0.1) is 0 Å². The van der Waals surface area contributed by atoms with Gasteiger partial charge in [0.2, 0.25) is 0 Å². The molecular weight excluding hydrogens is 623 g/mol. The zero-order valence-corrected chi connectivity index (χ0v) is 27.9. The molecule has 0 aliphatic carbocycles. The van der Waals surface area contributed by atoms with E-state index in [0.29, 0.717) is 17.5 Å². The number of benzene rings is 6. The summed E-state index contributed by atoms with van der Waals surface area (Å²) in [5, 5.41) is 2.17. The van der Waals surface area contributed by atoms with Gasteiger partial charge in [-0.1, -0.05) is 152 Å². The summed E-state index contributed by atoms with van der Waals surface area (Å²) < 4.78 is 0. The van der Waals surface area contributed by atoms with Crippen molar-refractivity contribution in [3.05, 3.63) is 176 Å². The standard InChI is InChI=1S/C46H31N5/c1-30-28-40(32-12-5-2-6-13-32)39-26-24-33-25-27-41(48-42(33)43(39)47-30)38-19-11-18-37(29-38)31-20-22-36(23-21-31)46-50-44(34-14-7-3-8-15-34)49-45(51-46)35-16-9-4-10-17-35/h2-29H,1H3. The number of aryl methyl sites for hydroxylation is 1. The lowest BCUT2D eigenvalue weighted by Gasteiger charge is -2.12. The number of hydrogen-bond donors (Lipinski definition) is 0. The average Bonchev–Trinajstić information content (AvgIpc) is 3.21. The number of pyridine rings is 2. The molecule has 0 amide bonds. The Morgan fingerprint density at radius 3 is 1.47 bits per heavy atom. The van der Waals surface area contributed by atoms with Gasteiger partial charge in [-0.3, -0.25) is 4.98 Å². The van der Waals surface area contributed by atoms with E-state index in [2.05, 4.69) is 110 Å². The second kappa shape index (κ2) is 12.9. The van der Waals surface area contributed by atoms with E-state index >= 15 is 0 Å². The zero-order chi connectivity index (χ0) is 34.1. The Morgan fingerprint density at radius 1 is 0.333 bits per heavy atom. The molecule has 6 aromatic carbocycles. The van der Waals surface area contributed by atoms with Crippen LogP contribution in [0.4, 0.5) is 0 Å². The van der Waals surface area contributed by atoms with Crippen LogP contribution in [-0.4, -0.2) is 24.9 Å². The van der Waals surface area contributed by atoms with Gasteiger partial charge in [0.15, 0.2) is 17.5 Å². The lowest BCUT2D eigenvalue weighted by Crippen LogP contribution is -2.00. The summed E-state index contributed by atoms with van der Waals surface area (Å²) in [6, 6.07) is 58.3. The first-order valence-corrected chi connectivity index (χ1v) is 17.0. The van der Waals surface area contributed by atoms with Crippen molar-refractivity contribution in [3.8, 4) is 67.7 Å². The molecule has 9 rings (SSSR count). The Balaban J connectivity index is 1.07. The van der Waals surface area contributed by atoms with E-state index in [-0.39, 0.29) is 0 Å². The molecule has 0 bridgehead atoms. The van der Waals surface area contributed by atoms with E-state index in [1.54, 1.807) is 0 Å². The molecule has 0 atom stereocenters. The quantitative estimate of drug-likeness (QED) is 0.167. The van der Waals surface area contributed by atoms with Crippen LogP contribution in [0.15, 0.2) is 170 Å². The van der Waals surface area contributed by atoms with Crippen molar-refractivity contribution in [1.29, 1.82) is 0 Å². The summed E-state index contributed by atoms with van der Waals surface area (Å²) in [7, 11) is 0. The molecule has 3 heterocycles. The molecule has 0 aliphatic rings. The molecule has 240 valence electrons. The molecule has 3 aromatic heterocycles. The Morgan fingerprint density at radius 2 is 0.843 bits per heavy atom. The first kappa shape index (κ1) is 30.2. The molecule has 5 nitrogen and oxygen atoms in total. The van der Waals surface area contributed by atoms with Gasteiger partial charge in [0.25, 0.3) is 0 Å². The Hall–Kier alpha value is -6.85. The molecular formula is C46H31N5. The van der Waals surface area contributed by atoms with E-state index in [1.165, 1.54) is 11.1 Å². The molecule has 0 aliphatic heterocycles. The summed E-state index contributed by atoms with van der Waals surface area (Å²) in [6.45, 7) is 2.05. The second-order valence-electron chi connectivity index (χ2n) is 12.6. The van der Waals surface area contributed by atoms with E-state index in [1.807, 2.05) is 66.7 Å². The van der Waals surface area contributed by atoms with Crippen LogP contribution in [0.2, 0.25) is 0 Å². The maximum absolute atomic E-state index is 5.22. The van der Waals surface area contributed by atoms with Gasteiger partial charge in [0, 0.05) is 38.7 Å². The number of aromatic nitrogens is 5. The average molecular weight is 654 g/mol. The van der Waals surface area contributed by atoms with Crippen molar-refractivity contribution in [2.45, 2.75) is 6.92 Å². The monoisotopic (exact) mass is 653 g/mol. The molecule has 0 N–H and O–H groups in total. The summed E-state index contributed by atoms with van der Waals surface area (Å²) in [5.41, 5.74) is 12.1. The molecule has 5 heteroatoms. The summed E-state index contributed by atoms with van der Waals surface area (Å²) in [6.07, 6.45) is 0. The van der Waals surface area contributed by atoms with E-state index in [4.69, 9.17) is 24.9 Å². The fourth-order valence-electron chi connectivity index (χ4n) is 6.62. The van der Waals surface area contributed by atoms with Crippen LogP contribution in [0.25, 0.3) is 89.5 Å². The molecule has 51 heavy (non-hydrogen) atoms. The van der Waals surface area contributed by atoms with Gasteiger partial charge >= 0.3 is 0 Å². The van der Waals surface area contributed by atoms with Crippen molar-refractivity contribution < 1.29 is 0 Å². The fraction of sp³-hybridized carbons (Fsp3) is 0.0217. The Bertz CT molecular complexity index is 2620. The second-order valence-corrected chi connectivity index (χ2v) is 12.6. The third-order valence-corrected chi connectivity index (χ3v) is 9.19. The lowest BCUT2D eigenvalue weighted by molar-refractivity contribution is 1.07. The smallest absolute Gasteiger partial charge is 0.164 e. The van der Waals surface area contributed by atoms with Gasteiger partial charge < -0.3 is 0 Å². The van der Waals surface area contributed by atoms with E-state index < -0.39 is 0 Å². The predicted molar refractivity (Wildman–Crippen MR) is 208 cm³/mol. The number of rotatable bonds is 6. The number of nitrogens with zero attached hydrogens (tertiary/aromatic N) is 5. The van der Waals surface area contributed by atoms with E-state index in [9.17, 15) is 0 Å². The maximum Gasteiger partial charge on any atom is 0.164 e. The normalized spacial score (nSPS) is 11.2. The van der Waals surface area contributed by atoms with Crippen molar-refractivity contribution in [2.24, 2.45) is 0 Å². The topological polar surface area (TPSA) is 64.5 Å². The van der Waals surface area contributed by atoms with Crippen LogP contribution in [0.1, 0.15) is 5.69 Å². The number of hydrogen-bond acceptors (Lipinski definition) is 5. The summed E-state index contributed by atoms with van der Waals surface area (Å²) in [5.74, 6) is 1.93. The Labute approximate surface area is 296 Å². The first-order valence-electron chi connectivity index (χ1n) is 17.0. The third kappa shape index (κ3) is 5.91. The summed E-state index contributed by atoms with van der Waals surface area (Å²) >= 11 is 0. The molecule has 0 spiro atoms. The molecule has 9 aromatic rings. The zero-order valence-electron chi connectivity index (χ0n) is 27.9. The van der Waals surface area contributed by atoms with Crippen molar-refractivity contribution >= 4 is 21.8 Å². The highest BCUT2D eigenvalue weighted by Crippen LogP contribution is 2.34. The van der Waals surface area contributed by atoms with Gasteiger partial charge in [-0.05, 0) is 47.4 Å². The molecule has 0 radical (unpaired) electrons. The largest absolute Gasteiger partial charge is 0.251 e. The van der Waals surface area contributed by atoms with Crippen LogP contribution >= 0.6 is 0 Å². The van der Waals surface area contributed by atoms with Gasteiger partial charge in [-0.2, -0.15) is 0 Å². The van der Waals surface area contributed by atoms with Crippen molar-refractivity contribution in [2.75, 3.05) is 0 Å². The van der Waals surface area contributed by atoms with Crippen LogP contribution in [0, 0.1) is 6.92 Å². The van der Waals surface area contributed by atoms with Crippen LogP contribution in [0.5, 0.6) is 0 Å². The SMILES string of the molecule is Cc1cc(-c2ccccc2)c2ccc3ccc(-c4cccc(-c5ccc(-c6nc(-c7ccccc7)nc(-c7ccccc7)n6)cc5)c4)nc3c2n1. The van der Waals surface area contributed by atoms with Crippen LogP contribution in [-0.2, 0) is 0 Å². The highest BCUT2D eigenvalue weighted by Gasteiger charge is 2.14. The maximum atomic E-state index is 5.22. The first-order chi connectivity index (χ1) is 25.2. The fourth-order valence-corrected chi connectivity index (χ4v) is 6.62. The van der Waals surface area contributed by atoms with Crippen LogP contribution < -0.4 is 0 Å². The number of fused-ring (bicyclic) bond motifs is 3. The highest BCUT2D eigenvalue weighted by atomic mass is 15.0. The molecule has 0 unspecified atom stereocenters. The third-order valence-electron chi connectivity index (χ3n) is 9.19. The minimum atomic E-state index is 0.634. The predicted octanol–water partition coefficient (Wildman–Crippen LogP) is 11.3. The van der Waals surface area contributed by atoms with Crippen molar-refractivity contribution in [3.63, 3.8) is 0 Å². The van der Waals surface area contributed by atoms with Crippen LogP contribution in [0.3, 0.4) is 0 Å². The molecule has 0 fully saturated rings. The minimum absolute atomic E-state index is 0.634. The van der Waals surface area contributed by atoms with Crippen molar-refractivity contribution in [1.82, 2.24) is 24.9 Å². The van der Waals surface area contributed by atoms with E-state index in [0.717, 1.165) is 66.6 Å².